The van der Waals surface area contributed by atoms with Gasteiger partial charge in [-0.1, -0.05) is 0 Å². The van der Waals surface area contributed by atoms with E-state index in [-0.39, 0.29) is 19.1 Å². The normalized spacial score (nSPS) is 32.6. The average molecular weight is 262 g/mol. The van der Waals surface area contributed by atoms with Gasteiger partial charge in [0.1, 0.15) is 0 Å². The second kappa shape index (κ2) is 4.71. The minimum absolute atomic E-state index is 0.141. The minimum atomic E-state index is -4.53. The summed E-state index contributed by atoms with van der Waals surface area (Å²) in [6.45, 7) is -0.603. The second-order valence-corrected chi connectivity index (χ2v) is 5.47. The quantitative estimate of drug-likeness (QED) is 0.828. The molecule has 1 saturated carbocycles. The summed E-state index contributed by atoms with van der Waals surface area (Å²) >= 11 is 0. The van der Waals surface area contributed by atoms with Gasteiger partial charge in [0.25, 0.3) is 0 Å². The predicted molar refractivity (Wildman–Crippen MR) is 58.6 cm³/mol. The Morgan fingerprint density at radius 2 is 1.78 bits per heavy atom. The van der Waals surface area contributed by atoms with Crippen LogP contribution in [0.5, 0.6) is 0 Å². The van der Waals surface area contributed by atoms with Gasteiger partial charge >= 0.3 is 6.18 Å². The third kappa shape index (κ3) is 2.47. The molecule has 0 aromatic carbocycles. The maximum Gasteiger partial charge on any atom is 0.419 e. The molecule has 1 aliphatic carbocycles. The Bertz CT molecular complexity index is 336. The summed E-state index contributed by atoms with van der Waals surface area (Å²) in [7, 11) is 0. The van der Waals surface area contributed by atoms with Crippen molar-refractivity contribution in [1.82, 2.24) is 4.90 Å². The highest BCUT2D eigenvalue weighted by molar-refractivity contribution is 5.03. The fourth-order valence-corrected chi connectivity index (χ4v) is 2.91. The van der Waals surface area contributed by atoms with Crippen molar-refractivity contribution in [2.24, 2.45) is 5.92 Å². The van der Waals surface area contributed by atoms with Crippen LogP contribution in [0.15, 0.2) is 0 Å². The molecule has 0 radical (unpaired) electrons. The highest BCUT2D eigenvalue weighted by Crippen LogP contribution is 2.41. The molecule has 0 bridgehead atoms. The third-order valence-corrected chi connectivity index (χ3v) is 4.17. The topological polar surface area (TPSA) is 47.3 Å². The van der Waals surface area contributed by atoms with E-state index in [4.69, 9.17) is 5.26 Å². The monoisotopic (exact) mass is 262 g/mol. The van der Waals surface area contributed by atoms with Crippen LogP contribution in [0.3, 0.4) is 0 Å². The summed E-state index contributed by atoms with van der Waals surface area (Å²) in [5.41, 5.74) is -2.50. The first-order valence-corrected chi connectivity index (χ1v) is 6.26. The zero-order valence-electron chi connectivity index (χ0n) is 10.1. The lowest BCUT2D eigenvalue weighted by molar-refractivity contribution is -0.306. The molecule has 0 unspecified atom stereocenters. The van der Waals surface area contributed by atoms with Gasteiger partial charge < -0.3 is 5.11 Å². The predicted octanol–water partition coefficient (Wildman–Crippen LogP) is 2.07. The molecule has 0 amide bonds. The third-order valence-electron chi connectivity index (χ3n) is 4.17. The number of β-amino-alcohol motifs (C(OH)–C–C–N with tert-alkyl or cyclic N) is 1. The van der Waals surface area contributed by atoms with Gasteiger partial charge in [0.05, 0.1) is 6.07 Å². The van der Waals surface area contributed by atoms with Crippen molar-refractivity contribution in [3.8, 4) is 6.07 Å². The standard InChI is InChI=1S/C12H17F3N2O/c13-12(14,15)11(18)7-17(8-11)10-3-1-9(2-4-10)5-6-16/h9-10,18H,1-5,7-8H2. The Hall–Kier alpha value is -0.800. The average Bonchev–Trinajstić information content (AvgIpc) is 2.25. The molecule has 0 aromatic heterocycles. The Morgan fingerprint density at radius 1 is 1.22 bits per heavy atom. The lowest BCUT2D eigenvalue weighted by atomic mass is 9.81. The van der Waals surface area contributed by atoms with Crippen molar-refractivity contribution < 1.29 is 18.3 Å². The van der Waals surface area contributed by atoms with E-state index in [0.717, 1.165) is 25.7 Å². The fourth-order valence-electron chi connectivity index (χ4n) is 2.91. The van der Waals surface area contributed by atoms with Crippen molar-refractivity contribution in [2.75, 3.05) is 13.1 Å². The van der Waals surface area contributed by atoms with Gasteiger partial charge in [0, 0.05) is 25.6 Å². The number of nitriles is 1. The molecule has 102 valence electrons. The highest BCUT2D eigenvalue weighted by Gasteiger charge is 2.61. The van der Waals surface area contributed by atoms with Crippen molar-refractivity contribution in [2.45, 2.75) is 49.9 Å². The number of likely N-dealkylation sites (tertiary alicyclic amines) is 1. The van der Waals surface area contributed by atoms with E-state index in [0.29, 0.717) is 12.3 Å². The molecule has 3 nitrogen and oxygen atoms in total. The molecule has 18 heavy (non-hydrogen) atoms. The molecule has 0 aromatic rings. The largest absolute Gasteiger partial charge is 0.419 e. The Kier molecular flexibility index (Phi) is 3.56. The first-order valence-electron chi connectivity index (χ1n) is 6.26. The first-order chi connectivity index (χ1) is 8.36. The summed E-state index contributed by atoms with van der Waals surface area (Å²) in [5.74, 6) is 0.397. The molecule has 0 atom stereocenters. The SMILES string of the molecule is N#CCC1CCC(N2CC(O)(C(F)(F)F)C2)CC1. The lowest BCUT2D eigenvalue weighted by Gasteiger charge is -2.51. The Balaban J connectivity index is 1.79. The number of aliphatic hydroxyl groups is 1. The maximum atomic E-state index is 12.5. The van der Waals surface area contributed by atoms with Crippen LogP contribution in [0.4, 0.5) is 13.2 Å². The summed E-state index contributed by atoms with van der Waals surface area (Å²) in [5, 5.41) is 18.0. The van der Waals surface area contributed by atoms with Gasteiger partial charge in [-0.25, -0.2) is 0 Å². The van der Waals surface area contributed by atoms with Crippen LogP contribution in [-0.2, 0) is 0 Å². The molecule has 2 rings (SSSR count). The molecule has 2 aliphatic rings. The van der Waals surface area contributed by atoms with Gasteiger partial charge in [-0.2, -0.15) is 18.4 Å². The van der Waals surface area contributed by atoms with Crippen molar-refractivity contribution in [3.63, 3.8) is 0 Å². The molecular formula is C12H17F3N2O. The number of hydrogen-bond acceptors (Lipinski definition) is 3. The molecule has 1 N–H and O–H groups in total. The fraction of sp³-hybridized carbons (Fsp3) is 0.917. The summed E-state index contributed by atoms with van der Waals surface area (Å²) in [6.07, 6.45) is -0.514. The molecule has 0 spiro atoms. The van der Waals surface area contributed by atoms with E-state index >= 15 is 0 Å². The number of hydrogen-bond donors (Lipinski definition) is 1. The molecule has 1 aliphatic heterocycles. The van der Waals surface area contributed by atoms with E-state index in [2.05, 4.69) is 6.07 Å². The van der Waals surface area contributed by atoms with Crippen LogP contribution in [0.2, 0.25) is 0 Å². The van der Waals surface area contributed by atoms with E-state index < -0.39 is 11.8 Å². The van der Waals surface area contributed by atoms with Gasteiger partial charge in [0.2, 0.25) is 0 Å². The van der Waals surface area contributed by atoms with E-state index in [1.165, 1.54) is 0 Å². The number of rotatable bonds is 2. The molecule has 1 saturated heterocycles. The van der Waals surface area contributed by atoms with Crippen LogP contribution in [-0.4, -0.2) is 40.9 Å². The lowest BCUT2D eigenvalue weighted by Crippen LogP contribution is -2.71. The van der Waals surface area contributed by atoms with Crippen LogP contribution in [0.1, 0.15) is 32.1 Å². The number of nitrogens with zero attached hydrogens (tertiary/aromatic N) is 2. The van der Waals surface area contributed by atoms with E-state index in [1.807, 2.05) is 0 Å². The van der Waals surface area contributed by atoms with Crippen LogP contribution in [0, 0.1) is 17.2 Å². The van der Waals surface area contributed by atoms with Gasteiger partial charge in [0.15, 0.2) is 5.60 Å². The number of halogens is 3. The van der Waals surface area contributed by atoms with Crippen LogP contribution >= 0.6 is 0 Å². The van der Waals surface area contributed by atoms with Gasteiger partial charge in [-0.05, 0) is 31.6 Å². The number of alkyl halides is 3. The van der Waals surface area contributed by atoms with Crippen molar-refractivity contribution >= 4 is 0 Å². The summed E-state index contributed by atoms with van der Waals surface area (Å²) in [6, 6.07) is 2.28. The Morgan fingerprint density at radius 3 is 2.22 bits per heavy atom. The Labute approximate surface area is 104 Å². The van der Waals surface area contributed by atoms with Crippen molar-refractivity contribution in [1.29, 1.82) is 5.26 Å². The van der Waals surface area contributed by atoms with Gasteiger partial charge in [-0.3, -0.25) is 4.90 Å². The maximum absolute atomic E-state index is 12.5. The summed E-state index contributed by atoms with van der Waals surface area (Å²) < 4.78 is 37.4. The van der Waals surface area contributed by atoms with Crippen LogP contribution < -0.4 is 0 Å². The first kappa shape index (κ1) is 13.6. The zero-order valence-corrected chi connectivity index (χ0v) is 10.1. The molecule has 6 heteroatoms. The highest BCUT2D eigenvalue weighted by atomic mass is 19.4. The van der Waals surface area contributed by atoms with E-state index in [9.17, 15) is 18.3 Å². The van der Waals surface area contributed by atoms with E-state index in [1.54, 1.807) is 4.90 Å². The summed E-state index contributed by atoms with van der Waals surface area (Å²) in [4.78, 5) is 1.72. The van der Waals surface area contributed by atoms with Crippen LogP contribution in [0.25, 0.3) is 0 Å². The minimum Gasteiger partial charge on any atom is -0.378 e. The smallest absolute Gasteiger partial charge is 0.378 e. The molecule has 1 heterocycles. The van der Waals surface area contributed by atoms with Gasteiger partial charge in [-0.15, -0.1) is 0 Å². The zero-order chi connectivity index (χ0) is 13.4. The molecule has 2 fully saturated rings. The second-order valence-electron chi connectivity index (χ2n) is 5.47. The molecular weight excluding hydrogens is 245 g/mol. The van der Waals surface area contributed by atoms with Crippen molar-refractivity contribution in [3.05, 3.63) is 0 Å².